The second-order valence-electron chi connectivity index (χ2n) is 9.16. The molecule has 0 aliphatic carbocycles. The number of carbonyl (C=O) groups is 1. The molecule has 1 heterocycles. The zero-order valence-electron chi connectivity index (χ0n) is 19.5. The monoisotopic (exact) mass is 463 g/mol. The van der Waals surface area contributed by atoms with Crippen LogP contribution in [0.4, 0.5) is 8.78 Å². The van der Waals surface area contributed by atoms with E-state index in [1.165, 1.54) is 12.1 Å². The van der Waals surface area contributed by atoms with Crippen LogP contribution in [0.25, 0.3) is 11.1 Å². The summed E-state index contributed by atoms with van der Waals surface area (Å²) in [4.78, 5) is 15.4. The molecule has 1 aliphatic heterocycles. The molecule has 3 aromatic rings. The standard InChI is InChI=1S/C29H31F2NO2/c1-2-27(22-11-9-21(10-12-22)25-14-13-24(30)19-26(25)31)32-17-16-29(15-6-18-33,20-28(32)34)23-7-4-3-5-8-23/h3-5,7-14,19,27,33H,2,6,15-18,20H2,1H3/t27-,29?/m0/s1. The minimum absolute atomic E-state index is 0.0637. The van der Waals surface area contributed by atoms with Gasteiger partial charge in [-0.05, 0) is 54.5 Å². The summed E-state index contributed by atoms with van der Waals surface area (Å²) in [7, 11) is 0. The van der Waals surface area contributed by atoms with Crippen molar-refractivity contribution >= 4 is 5.91 Å². The Balaban J connectivity index is 1.55. The third kappa shape index (κ3) is 4.90. The lowest BCUT2D eigenvalue weighted by atomic mass is 9.69. The normalized spacial score (nSPS) is 19.3. The fourth-order valence-corrected chi connectivity index (χ4v) is 5.33. The first-order valence-electron chi connectivity index (χ1n) is 12.0. The van der Waals surface area contributed by atoms with Gasteiger partial charge in [0.2, 0.25) is 5.91 Å². The Morgan fingerprint density at radius 3 is 2.38 bits per heavy atom. The minimum atomic E-state index is -0.599. The van der Waals surface area contributed by atoms with Crippen LogP contribution in [0.3, 0.4) is 0 Å². The number of carbonyl (C=O) groups excluding carboxylic acids is 1. The summed E-state index contributed by atoms with van der Waals surface area (Å²) in [6.07, 6.45) is 3.48. The van der Waals surface area contributed by atoms with Crippen LogP contribution in [0.2, 0.25) is 0 Å². The van der Waals surface area contributed by atoms with E-state index < -0.39 is 11.6 Å². The zero-order chi connectivity index (χ0) is 24.1. The van der Waals surface area contributed by atoms with Crippen molar-refractivity contribution in [2.45, 2.75) is 50.5 Å². The van der Waals surface area contributed by atoms with E-state index in [2.05, 4.69) is 19.1 Å². The van der Waals surface area contributed by atoms with Crippen LogP contribution in [0.5, 0.6) is 0 Å². The Morgan fingerprint density at radius 2 is 1.76 bits per heavy atom. The van der Waals surface area contributed by atoms with Gasteiger partial charge in [0.25, 0.3) is 0 Å². The molecular formula is C29H31F2NO2. The van der Waals surface area contributed by atoms with Crippen LogP contribution < -0.4 is 0 Å². The predicted molar refractivity (Wildman–Crippen MR) is 130 cm³/mol. The van der Waals surface area contributed by atoms with Crippen molar-refractivity contribution in [3.63, 3.8) is 0 Å². The molecule has 4 rings (SSSR count). The number of piperidine rings is 1. The fourth-order valence-electron chi connectivity index (χ4n) is 5.33. The average Bonchev–Trinajstić information content (AvgIpc) is 2.85. The molecule has 2 atom stereocenters. The number of aliphatic hydroxyl groups is 1. The van der Waals surface area contributed by atoms with Crippen molar-refractivity contribution in [3.8, 4) is 11.1 Å². The summed E-state index contributed by atoms with van der Waals surface area (Å²) in [5.41, 5.74) is 2.94. The van der Waals surface area contributed by atoms with E-state index in [1.807, 2.05) is 47.4 Å². The van der Waals surface area contributed by atoms with Gasteiger partial charge in [-0.2, -0.15) is 0 Å². The number of hydrogen-bond donors (Lipinski definition) is 1. The lowest BCUT2D eigenvalue weighted by Gasteiger charge is -2.44. The number of halogens is 2. The molecule has 1 N–H and O–H groups in total. The summed E-state index contributed by atoms with van der Waals surface area (Å²) in [5.74, 6) is -1.07. The molecule has 1 unspecified atom stereocenters. The van der Waals surface area contributed by atoms with Crippen LogP contribution in [0.15, 0.2) is 72.8 Å². The van der Waals surface area contributed by atoms with Crippen LogP contribution in [-0.2, 0) is 10.2 Å². The van der Waals surface area contributed by atoms with Crippen LogP contribution in [-0.4, -0.2) is 29.1 Å². The molecular weight excluding hydrogens is 432 g/mol. The highest BCUT2D eigenvalue weighted by Crippen LogP contribution is 2.42. The van der Waals surface area contributed by atoms with Crippen LogP contribution >= 0.6 is 0 Å². The quantitative estimate of drug-likeness (QED) is 0.419. The minimum Gasteiger partial charge on any atom is -0.396 e. The molecule has 0 aromatic heterocycles. The molecule has 1 fully saturated rings. The van der Waals surface area contributed by atoms with E-state index in [-0.39, 0.29) is 24.0 Å². The van der Waals surface area contributed by atoms with Crippen LogP contribution in [0.1, 0.15) is 56.2 Å². The molecule has 1 saturated heterocycles. The number of hydrogen-bond acceptors (Lipinski definition) is 2. The van der Waals surface area contributed by atoms with Crippen molar-refractivity contribution in [1.82, 2.24) is 4.90 Å². The van der Waals surface area contributed by atoms with Gasteiger partial charge < -0.3 is 10.0 Å². The predicted octanol–water partition coefficient (Wildman–Crippen LogP) is 6.42. The number of aliphatic hydroxyl groups excluding tert-OH is 1. The molecule has 0 spiro atoms. The van der Waals surface area contributed by atoms with Gasteiger partial charge in [0.1, 0.15) is 11.6 Å². The number of amides is 1. The SMILES string of the molecule is CC[C@@H](c1ccc(-c2ccc(F)cc2F)cc1)N1CCC(CCCO)(c2ccccc2)CC1=O. The number of likely N-dealkylation sites (tertiary alicyclic amines) is 1. The second-order valence-corrected chi connectivity index (χ2v) is 9.16. The van der Waals surface area contributed by atoms with Gasteiger partial charge in [0.05, 0.1) is 6.04 Å². The molecule has 1 amide bonds. The van der Waals surface area contributed by atoms with Gasteiger partial charge in [-0.1, -0.05) is 61.5 Å². The molecule has 0 radical (unpaired) electrons. The maximum atomic E-state index is 14.2. The fraction of sp³-hybridized carbons (Fsp3) is 0.345. The molecule has 3 aromatic carbocycles. The first-order valence-corrected chi connectivity index (χ1v) is 12.0. The second kappa shape index (κ2) is 10.5. The van der Waals surface area contributed by atoms with Crippen molar-refractivity contribution < 1.29 is 18.7 Å². The topological polar surface area (TPSA) is 40.5 Å². The highest BCUT2D eigenvalue weighted by molar-refractivity contribution is 5.79. The molecule has 3 nitrogen and oxygen atoms in total. The first-order chi connectivity index (χ1) is 16.5. The largest absolute Gasteiger partial charge is 0.396 e. The van der Waals surface area contributed by atoms with Crippen LogP contribution in [0, 0.1) is 11.6 Å². The van der Waals surface area contributed by atoms with E-state index in [0.29, 0.717) is 30.5 Å². The van der Waals surface area contributed by atoms with Gasteiger partial charge in [-0.25, -0.2) is 8.78 Å². The van der Waals surface area contributed by atoms with E-state index in [1.54, 1.807) is 0 Å². The van der Waals surface area contributed by atoms with Crippen molar-refractivity contribution in [2.75, 3.05) is 13.2 Å². The Kier molecular flexibility index (Phi) is 7.42. The van der Waals surface area contributed by atoms with E-state index in [0.717, 1.165) is 36.5 Å². The Labute approximate surface area is 200 Å². The summed E-state index contributed by atoms with van der Waals surface area (Å²) in [5, 5.41) is 9.45. The number of rotatable bonds is 8. The van der Waals surface area contributed by atoms with Gasteiger partial charge >= 0.3 is 0 Å². The van der Waals surface area contributed by atoms with Gasteiger partial charge in [-0.15, -0.1) is 0 Å². The smallest absolute Gasteiger partial charge is 0.223 e. The lowest BCUT2D eigenvalue weighted by Crippen LogP contribution is -2.47. The third-order valence-corrected chi connectivity index (χ3v) is 7.14. The molecule has 0 bridgehead atoms. The molecule has 1 aliphatic rings. The Bertz CT molecular complexity index is 1120. The average molecular weight is 464 g/mol. The highest BCUT2D eigenvalue weighted by atomic mass is 19.1. The lowest BCUT2D eigenvalue weighted by molar-refractivity contribution is -0.139. The van der Waals surface area contributed by atoms with Gasteiger partial charge in [0.15, 0.2) is 0 Å². The molecule has 34 heavy (non-hydrogen) atoms. The van der Waals surface area contributed by atoms with Crippen molar-refractivity contribution in [2.24, 2.45) is 0 Å². The summed E-state index contributed by atoms with van der Waals surface area (Å²) in [6.45, 7) is 2.83. The maximum absolute atomic E-state index is 14.2. The van der Waals surface area contributed by atoms with Gasteiger partial charge in [0, 0.05) is 36.6 Å². The summed E-state index contributed by atoms with van der Waals surface area (Å²) in [6, 6.07) is 21.2. The van der Waals surface area contributed by atoms with E-state index >= 15 is 0 Å². The molecule has 178 valence electrons. The summed E-state index contributed by atoms with van der Waals surface area (Å²) < 4.78 is 27.5. The van der Waals surface area contributed by atoms with E-state index in [4.69, 9.17) is 0 Å². The van der Waals surface area contributed by atoms with Gasteiger partial charge in [-0.3, -0.25) is 4.79 Å². The number of nitrogens with zero attached hydrogens (tertiary/aromatic N) is 1. The van der Waals surface area contributed by atoms with E-state index in [9.17, 15) is 18.7 Å². The Hall–Kier alpha value is -3.05. The number of benzene rings is 3. The zero-order valence-corrected chi connectivity index (χ0v) is 19.5. The first kappa shape index (κ1) is 24.1. The third-order valence-electron chi connectivity index (χ3n) is 7.14. The van der Waals surface area contributed by atoms with Crippen molar-refractivity contribution in [1.29, 1.82) is 0 Å². The highest BCUT2D eigenvalue weighted by Gasteiger charge is 2.41. The molecule has 0 saturated carbocycles. The Morgan fingerprint density at radius 1 is 1.03 bits per heavy atom. The maximum Gasteiger partial charge on any atom is 0.223 e. The molecule has 5 heteroatoms. The van der Waals surface area contributed by atoms with Crippen molar-refractivity contribution in [3.05, 3.63) is 95.6 Å². The summed E-state index contributed by atoms with van der Waals surface area (Å²) >= 11 is 0.